The number of benzene rings is 1. The molecule has 0 aliphatic heterocycles. The van der Waals surface area contributed by atoms with Crippen LogP contribution in [0.25, 0.3) is 10.2 Å². The summed E-state index contributed by atoms with van der Waals surface area (Å²) in [7, 11) is 1.59. The molecule has 2 N–H and O–H groups in total. The molecule has 118 valence electrons. The van der Waals surface area contributed by atoms with Crippen molar-refractivity contribution in [3.8, 4) is 5.75 Å². The van der Waals surface area contributed by atoms with Gasteiger partial charge < -0.3 is 15.0 Å². The van der Waals surface area contributed by atoms with E-state index in [0.29, 0.717) is 15.9 Å². The van der Waals surface area contributed by atoms with Crippen molar-refractivity contribution in [2.24, 2.45) is 7.05 Å². The topological polar surface area (TPSA) is 71.3 Å². The lowest BCUT2D eigenvalue weighted by molar-refractivity contribution is 0.102. The standard InChI is InChI=1S/C17H16N2O3S/c1-9-4-5-11(8-10(9)2)18-16(21)13-14(20)15-12(6-7-23-15)19(3)17(13)22/h4-8,20H,1-3H3,(H,18,21). The SMILES string of the molecule is Cc1ccc(NC(=O)c2c(O)c3sccc3n(C)c2=O)cc1C. The molecule has 0 aliphatic carbocycles. The molecule has 0 aliphatic rings. The average molecular weight is 328 g/mol. The number of amides is 1. The predicted molar refractivity (Wildman–Crippen MR) is 92.6 cm³/mol. The summed E-state index contributed by atoms with van der Waals surface area (Å²) in [6.07, 6.45) is 0. The number of anilines is 1. The zero-order valence-electron chi connectivity index (χ0n) is 13.0. The lowest BCUT2D eigenvalue weighted by atomic mass is 10.1. The first-order chi connectivity index (χ1) is 10.9. The van der Waals surface area contributed by atoms with E-state index in [-0.39, 0.29) is 11.3 Å². The maximum atomic E-state index is 12.5. The smallest absolute Gasteiger partial charge is 0.267 e. The Balaban J connectivity index is 2.07. The summed E-state index contributed by atoms with van der Waals surface area (Å²) in [4.78, 5) is 24.9. The van der Waals surface area contributed by atoms with Crippen molar-refractivity contribution in [1.82, 2.24) is 4.57 Å². The van der Waals surface area contributed by atoms with Crippen LogP contribution in [-0.2, 0) is 7.05 Å². The summed E-state index contributed by atoms with van der Waals surface area (Å²) in [6.45, 7) is 3.92. The highest BCUT2D eigenvalue weighted by molar-refractivity contribution is 7.17. The van der Waals surface area contributed by atoms with Crippen LogP contribution in [0.1, 0.15) is 21.5 Å². The summed E-state index contributed by atoms with van der Waals surface area (Å²) in [5.74, 6) is -0.874. The van der Waals surface area contributed by atoms with Crippen LogP contribution in [-0.4, -0.2) is 15.6 Å². The Kier molecular flexibility index (Phi) is 3.69. The van der Waals surface area contributed by atoms with E-state index >= 15 is 0 Å². The minimum absolute atomic E-state index is 0.235. The number of rotatable bonds is 2. The second kappa shape index (κ2) is 5.55. The molecule has 1 aromatic carbocycles. The predicted octanol–water partition coefficient (Wildman–Crippen LogP) is 3.17. The van der Waals surface area contributed by atoms with Gasteiger partial charge in [0, 0.05) is 12.7 Å². The minimum atomic E-state index is -0.610. The molecule has 0 saturated carbocycles. The summed E-state index contributed by atoms with van der Waals surface area (Å²) in [5.41, 5.74) is 2.59. The fourth-order valence-electron chi connectivity index (χ4n) is 2.45. The van der Waals surface area contributed by atoms with E-state index in [1.807, 2.05) is 26.0 Å². The van der Waals surface area contributed by atoms with Crippen LogP contribution in [0.2, 0.25) is 0 Å². The van der Waals surface area contributed by atoms with Crippen LogP contribution in [0.5, 0.6) is 5.75 Å². The van der Waals surface area contributed by atoms with Gasteiger partial charge in [-0.1, -0.05) is 6.07 Å². The fraction of sp³-hybridized carbons (Fsp3) is 0.176. The molecule has 3 aromatic rings. The maximum absolute atomic E-state index is 12.5. The molecule has 1 amide bonds. The summed E-state index contributed by atoms with van der Waals surface area (Å²) < 4.78 is 1.90. The number of nitrogens with zero attached hydrogens (tertiary/aromatic N) is 1. The van der Waals surface area contributed by atoms with Crippen LogP contribution in [0.3, 0.4) is 0 Å². The largest absolute Gasteiger partial charge is 0.505 e. The molecule has 3 rings (SSSR count). The van der Waals surface area contributed by atoms with Gasteiger partial charge >= 0.3 is 0 Å². The Labute approximate surface area is 136 Å². The first kappa shape index (κ1) is 15.3. The third-order valence-electron chi connectivity index (χ3n) is 3.97. The molecule has 23 heavy (non-hydrogen) atoms. The number of fused-ring (bicyclic) bond motifs is 1. The number of aromatic hydroxyl groups is 1. The van der Waals surface area contributed by atoms with Gasteiger partial charge in [-0.15, -0.1) is 11.3 Å². The third kappa shape index (κ3) is 2.51. The highest BCUT2D eigenvalue weighted by Gasteiger charge is 2.22. The third-order valence-corrected chi connectivity index (χ3v) is 4.88. The molecule has 2 aromatic heterocycles. The van der Waals surface area contributed by atoms with Crippen molar-refractivity contribution in [3.63, 3.8) is 0 Å². The van der Waals surface area contributed by atoms with Crippen LogP contribution in [0, 0.1) is 13.8 Å². The average Bonchev–Trinajstić information content (AvgIpc) is 2.99. The Morgan fingerprint density at radius 3 is 2.65 bits per heavy atom. The molecule has 0 radical (unpaired) electrons. The lowest BCUT2D eigenvalue weighted by Gasteiger charge is -2.10. The summed E-state index contributed by atoms with van der Waals surface area (Å²) in [5, 5.41) is 14.8. The van der Waals surface area contributed by atoms with Crippen LogP contribution in [0.15, 0.2) is 34.4 Å². The highest BCUT2D eigenvalue weighted by atomic mass is 32.1. The zero-order valence-corrected chi connectivity index (χ0v) is 13.8. The van der Waals surface area contributed by atoms with Crippen molar-refractivity contribution in [2.75, 3.05) is 5.32 Å². The second-order valence-corrected chi connectivity index (χ2v) is 6.39. The van der Waals surface area contributed by atoms with Crippen molar-refractivity contribution >= 4 is 33.1 Å². The Morgan fingerprint density at radius 1 is 1.22 bits per heavy atom. The van der Waals surface area contributed by atoms with Crippen LogP contribution >= 0.6 is 11.3 Å². The molecule has 0 bridgehead atoms. The van der Waals surface area contributed by atoms with Crippen molar-refractivity contribution < 1.29 is 9.90 Å². The van der Waals surface area contributed by atoms with E-state index in [1.54, 1.807) is 24.6 Å². The van der Waals surface area contributed by atoms with E-state index in [2.05, 4.69) is 5.32 Å². The van der Waals surface area contributed by atoms with Crippen molar-refractivity contribution in [2.45, 2.75) is 13.8 Å². The molecule has 0 unspecified atom stereocenters. The molecule has 0 saturated heterocycles. The van der Waals surface area contributed by atoms with Crippen molar-refractivity contribution in [3.05, 3.63) is 56.7 Å². The molecular weight excluding hydrogens is 312 g/mol. The highest BCUT2D eigenvalue weighted by Crippen LogP contribution is 2.31. The van der Waals surface area contributed by atoms with E-state index in [4.69, 9.17) is 0 Å². The number of carbonyl (C=O) groups excluding carboxylic acids is 1. The maximum Gasteiger partial charge on any atom is 0.267 e. The fourth-order valence-corrected chi connectivity index (χ4v) is 3.33. The number of nitrogens with one attached hydrogen (secondary N) is 1. The zero-order chi connectivity index (χ0) is 16.7. The molecule has 2 heterocycles. The number of carbonyl (C=O) groups is 1. The van der Waals surface area contributed by atoms with Gasteiger partial charge in [0.1, 0.15) is 5.56 Å². The van der Waals surface area contributed by atoms with Crippen LogP contribution in [0.4, 0.5) is 5.69 Å². The normalized spacial score (nSPS) is 10.9. The first-order valence-electron chi connectivity index (χ1n) is 7.08. The van der Waals surface area contributed by atoms with Crippen LogP contribution < -0.4 is 10.9 Å². The molecule has 0 fully saturated rings. The molecule has 0 atom stereocenters. The number of pyridine rings is 1. The van der Waals surface area contributed by atoms with Gasteiger partial charge in [-0.25, -0.2) is 0 Å². The minimum Gasteiger partial charge on any atom is -0.505 e. The van der Waals surface area contributed by atoms with E-state index < -0.39 is 11.5 Å². The molecular formula is C17H16N2O3S. The molecule has 0 spiro atoms. The first-order valence-corrected chi connectivity index (χ1v) is 7.96. The Morgan fingerprint density at radius 2 is 1.96 bits per heavy atom. The van der Waals surface area contributed by atoms with Gasteiger partial charge in [-0.3, -0.25) is 9.59 Å². The van der Waals surface area contributed by atoms with Gasteiger partial charge in [0.25, 0.3) is 11.5 Å². The Bertz CT molecular complexity index is 985. The van der Waals surface area contributed by atoms with Gasteiger partial charge in [0.05, 0.1) is 10.2 Å². The van der Waals surface area contributed by atoms with Crippen molar-refractivity contribution in [1.29, 1.82) is 0 Å². The molecule has 6 heteroatoms. The van der Waals surface area contributed by atoms with Gasteiger partial charge in [0.15, 0.2) is 5.75 Å². The van der Waals surface area contributed by atoms with Gasteiger partial charge in [0.2, 0.25) is 0 Å². The summed E-state index contributed by atoms with van der Waals surface area (Å²) >= 11 is 1.29. The van der Waals surface area contributed by atoms with E-state index in [0.717, 1.165) is 11.1 Å². The molecule has 5 nitrogen and oxygen atoms in total. The van der Waals surface area contributed by atoms with E-state index in [1.165, 1.54) is 15.9 Å². The summed E-state index contributed by atoms with van der Waals surface area (Å²) in [6, 6.07) is 7.24. The van der Waals surface area contributed by atoms with Gasteiger partial charge in [-0.2, -0.15) is 0 Å². The number of thiophene rings is 1. The Hall–Kier alpha value is -2.60. The number of hydrogen-bond acceptors (Lipinski definition) is 4. The lowest BCUT2D eigenvalue weighted by Crippen LogP contribution is -2.27. The van der Waals surface area contributed by atoms with E-state index in [9.17, 15) is 14.7 Å². The number of aromatic nitrogens is 1. The second-order valence-electron chi connectivity index (χ2n) is 5.48. The number of aryl methyl sites for hydroxylation is 3. The quantitative estimate of drug-likeness (QED) is 0.759. The van der Waals surface area contributed by atoms with Gasteiger partial charge in [-0.05, 0) is 48.6 Å². The monoisotopic (exact) mass is 328 g/mol. The number of hydrogen-bond donors (Lipinski definition) is 2.